The van der Waals surface area contributed by atoms with E-state index in [2.05, 4.69) is 15.5 Å². The zero-order chi connectivity index (χ0) is 20.5. The molecule has 3 aromatic rings. The van der Waals surface area contributed by atoms with Crippen LogP contribution in [0, 0.1) is 11.6 Å². The van der Waals surface area contributed by atoms with E-state index in [0.29, 0.717) is 5.56 Å². The van der Waals surface area contributed by atoms with Crippen molar-refractivity contribution >= 4 is 21.8 Å². The summed E-state index contributed by atoms with van der Waals surface area (Å²) in [6.07, 6.45) is 0. The van der Waals surface area contributed by atoms with Gasteiger partial charge in [-0.05, 0) is 50.2 Å². The number of halogens is 2. The second-order valence-corrected chi connectivity index (χ2v) is 8.62. The third-order valence-electron chi connectivity index (χ3n) is 3.86. The topological polar surface area (TPSA) is 102 Å². The fourth-order valence-corrected chi connectivity index (χ4v) is 3.38. The van der Waals surface area contributed by atoms with E-state index in [-0.39, 0.29) is 22.4 Å². The quantitative estimate of drug-likeness (QED) is 0.695. The minimum atomic E-state index is -3.49. The number of benzene rings is 2. The van der Waals surface area contributed by atoms with E-state index in [1.54, 1.807) is 19.9 Å². The SMILES string of the molecule is CC(C)S(=O)(=O)c1cccc(-c2nnc(NC(=O)c3ccc(F)c(F)c3)o2)c1. The van der Waals surface area contributed by atoms with E-state index >= 15 is 0 Å². The highest BCUT2D eigenvalue weighted by molar-refractivity contribution is 7.92. The Kier molecular flexibility index (Phi) is 5.23. The highest BCUT2D eigenvalue weighted by Gasteiger charge is 2.21. The number of carbonyl (C=O) groups is 1. The molecule has 2 aromatic carbocycles. The van der Waals surface area contributed by atoms with Crippen molar-refractivity contribution < 1.29 is 26.4 Å². The molecule has 0 spiro atoms. The lowest BCUT2D eigenvalue weighted by Crippen LogP contribution is -2.13. The van der Waals surface area contributed by atoms with Gasteiger partial charge in [-0.1, -0.05) is 11.2 Å². The highest BCUT2D eigenvalue weighted by atomic mass is 32.2. The maximum Gasteiger partial charge on any atom is 0.322 e. The molecule has 0 aliphatic heterocycles. The summed E-state index contributed by atoms with van der Waals surface area (Å²) in [4.78, 5) is 12.2. The molecule has 0 radical (unpaired) electrons. The standard InChI is InChI=1S/C18H15F2N3O4S/c1-10(2)28(25,26)13-5-3-4-12(8-13)17-22-23-18(27-17)21-16(24)11-6-7-14(19)15(20)9-11/h3-10H,1-2H3,(H,21,23,24). The predicted molar refractivity (Wildman–Crippen MR) is 96.4 cm³/mol. The second kappa shape index (κ2) is 7.47. The van der Waals surface area contributed by atoms with Crippen LogP contribution < -0.4 is 5.32 Å². The van der Waals surface area contributed by atoms with Gasteiger partial charge in [-0.15, -0.1) is 5.10 Å². The van der Waals surface area contributed by atoms with Crippen molar-refractivity contribution in [1.29, 1.82) is 0 Å². The molecule has 0 aliphatic carbocycles. The summed E-state index contributed by atoms with van der Waals surface area (Å²) < 4.78 is 56.1. The van der Waals surface area contributed by atoms with Gasteiger partial charge in [0.25, 0.3) is 5.91 Å². The van der Waals surface area contributed by atoms with Crippen LogP contribution in [-0.2, 0) is 9.84 Å². The van der Waals surface area contributed by atoms with E-state index in [4.69, 9.17) is 4.42 Å². The molecule has 28 heavy (non-hydrogen) atoms. The molecule has 0 aliphatic rings. The predicted octanol–water partition coefficient (Wildman–Crippen LogP) is 3.45. The maximum atomic E-state index is 13.2. The average Bonchev–Trinajstić information content (AvgIpc) is 3.12. The summed E-state index contributed by atoms with van der Waals surface area (Å²) in [7, 11) is -3.49. The molecule has 0 bridgehead atoms. The van der Waals surface area contributed by atoms with Crippen molar-refractivity contribution in [2.45, 2.75) is 24.0 Å². The van der Waals surface area contributed by atoms with Crippen molar-refractivity contribution in [2.75, 3.05) is 5.32 Å². The number of amides is 1. The molecule has 0 atom stereocenters. The lowest BCUT2D eigenvalue weighted by atomic mass is 10.2. The molecule has 1 N–H and O–H groups in total. The van der Waals surface area contributed by atoms with Crippen molar-refractivity contribution in [1.82, 2.24) is 10.2 Å². The molecule has 3 rings (SSSR count). The van der Waals surface area contributed by atoms with E-state index in [0.717, 1.165) is 18.2 Å². The van der Waals surface area contributed by atoms with Gasteiger partial charge >= 0.3 is 6.01 Å². The second-order valence-electron chi connectivity index (χ2n) is 6.12. The van der Waals surface area contributed by atoms with Crippen molar-refractivity contribution in [3.8, 4) is 11.5 Å². The molecule has 0 unspecified atom stereocenters. The Hall–Kier alpha value is -3.14. The molecule has 7 nitrogen and oxygen atoms in total. The lowest BCUT2D eigenvalue weighted by molar-refractivity contribution is 0.102. The molecule has 0 fully saturated rings. The van der Waals surface area contributed by atoms with Gasteiger partial charge in [0.15, 0.2) is 21.5 Å². The average molecular weight is 407 g/mol. The first-order valence-corrected chi connectivity index (χ1v) is 9.67. The Balaban J connectivity index is 1.83. The van der Waals surface area contributed by atoms with Crippen LogP contribution in [0.2, 0.25) is 0 Å². The number of nitrogens with zero attached hydrogens (tertiary/aromatic N) is 2. The van der Waals surface area contributed by atoms with E-state index in [1.807, 2.05) is 0 Å². The first-order chi connectivity index (χ1) is 13.2. The van der Waals surface area contributed by atoms with Crippen LogP contribution >= 0.6 is 0 Å². The molecule has 1 heterocycles. The van der Waals surface area contributed by atoms with Gasteiger partial charge in [-0.25, -0.2) is 17.2 Å². The number of anilines is 1. The number of carbonyl (C=O) groups excluding carboxylic acids is 1. The molecule has 1 amide bonds. The van der Waals surface area contributed by atoms with Gasteiger partial charge in [-0.3, -0.25) is 10.1 Å². The molecular formula is C18H15F2N3O4S. The number of aromatic nitrogens is 2. The summed E-state index contributed by atoms with van der Waals surface area (Å²) in [5.41, 5.74) is 0.214. The van der Waals surface area contributed by atoms with Crippen molar-refractivity contribution in [3.63, 3.8) is 0 Å². The number of hydrogen-bond acceptors (Lipinski definition) is 6. The lowest BCUT2D eigenvalue weighted by Gasteiger charge is -2.08. The van der Waals surface area contributed by atoms with E-state index in [1.165, 1.54) is 18.2 Å². The number of nitrogens with one attached hydrogen (secondary N) is 1. The molecule has 0 saturated carbocycles. The minimum Gasteiger partial charge on any atom is -0.403 e. The smallest absolute Gasteiger partial charge is 0.322 e. The van der Waals surface area contributed by atoms with Gasteiger partial charge in [-0.2, -0.15) is 0 Å². The number of hydrogen-bond donors (Lipinski definition) is 1. The van der Waals surface area contributed by atoms with Gasteiger partial charge < -0.3 is 4.42 Å². The fraction of sp³-hybridized carbons (Fsp3) is 0.167. The van der Waals surface area contributed by atoms with Crippen LogP contribution in [0.25, 0.3) is 11.5 Å². The van der Waals surface area contributed by atoms with Crippen LogP contribution in [0.5, 0.6) is 0 Å². The Morgan fingerprint density at radius 3 is 2.50 bits per heavy atom. The summed E-state index contributed by atoms with van der Waals surface area (Å²) in [5, 5.41) is 9.10. The van der Waals surface area contributed by atoms with Crippen LogP contribution in [-0.4, -0.2) is 29.8 Å². The van der Waals surface area contributed by atoms with Crippen LogP contribution in [0.15, 0.2) is 51.8 Å². The van der Waals surface area contributed by atoms with Gasteiger partial charge in [0.05, 0.1) is 10.1 Å². The molecule has 146 valence electrons. The minimum absolute atomic E-state index is 0.0126. The Labute approximate surface area is 159 Å². The normalized spacial score (nSPS) is 11.6. The van der Waals surface area contributed by atoms with Crippen molar-refractivity contribution in [3.05, 3.63) is 59.7 Å². The molecule has 1 aromatic heterocycles. The molecular weight excluding hydrogens is 392 g/mol. The largest absolute Gasteiger partial charge is 0.403 e. The van der Waals surface area contributed by atoms with Crippen LogP contribution in [0.4, 0.5) is 14.8 Å². The number of rotatable bonds is 5. The fourth-order valence-electron chi connectivity index (χ4n) is 2.28. The summed E-state index contributed by atoms with van der Waals surface area (Å²) in [6.45, 7) is 3.14. The zero-order valence-corrected chi connectivity index (χ0v) is 15.6. The summed E-state index contributed by atoms with van der Waals surface area (Å²) in [6, 6.07) is 8.35. The zero-order valence-electron chi connectivity index (χ0n) is 14.8. The Morgan fingerprint density at radius 2 is 1.82 bits per heavy atom. The maximum absolute atomic E-state index is 13.2. The van der Waals surface area contributed by atoms with E-state index < -0.39 is 32.6 Å². The van der Waals surface area contributed by atoms with Crippen molar-refractivity contribution in [2.24, 2.45) is 0 Å². The van der Waals surface area contributed by atoms with Crippen LogP contribution in [0.1, 0.15) is 24.2 Å². The third kappa shape index (κ3) is 3.91. The summed E-state index contributed by atoms with van der Waals surface area (Å²) in [5.74, 6) is -3.03. The molecule has 0 saturated heterocycles. The van der Waals surface area contributed by atoms with E-state index in [9.17, 15) is 22.0 Å². The first-order valence-electron chi connectivity index (χ1n) is 8.12. The number of sulfone groups is 1. The van der Waals surface area contributed by atoms with Gasteiger partial charge in [0, 0.05) is 11.1 Å². The van der Waals surface area contributed by atoms with Gasteiger partial charge in [0.2, 0.25) is 5.89 Å². The highest BCUT2D eigenvalue weighted by Crippen LogP contribution is 2.25. The van der Waals surface area contributed by atoms with Gasteiger partial charge in [0.1, 0.15) is 0 Å². The third-order valence-corrected chi connectivity index (χ3v) is 6.01. The Morgan fingerprint density at radius 1 is 1.07 bits per heavy atom. The Bertz CT molecular complexity index is 1140. The first kappa shape index (κ1) is 19.6. The summed E-state index contributed by atoms with van der Waals surface area (Å²) >= 11 is 0. The van der Waals surface area contributed by atoms with Crippen LogP contribution in [0.3, 0.4) is 0 Å². The monoisotopic (exact) mass is 407 g/mol. The molecule has 10 heteroatoms.